The number of aromatic nitrogens is 1. The zero-order chi connectivity index (χ0) is 17.5. The summed E-state index contributed by atoms with van der Waals surface area (Å²) in [4.78, 5) is 23.7. The molecule has 0 spiro atoms. The second-order valence-electron chi connectivity index (χ2n) is 5.51. The van der Waals surface area contributed by atoms with Gasteiger partial charge < -0.3 is 15.2 Å². The molecule has 1 aromatic carbocycles. The Balaban J connectivity index is 1.71. The molecule has 0 saturated heterocycles. The quantitative estimate of drug-likeness (QED) is 0.804. The molecule has 7 heteroatoms. The molecule has 1 aromatic heterocycles. The Labute approximate surface area is 145 Å². The Bertz CT molecular complexity index is 715. The molecule has 0 aliphatic carbocycles. The van der Waals surface area contributed by atoms with Gasteiger partial charge in [0.25, 0.3) is 0 Å². The predicted octanol–water partition coefficient (Wildman–Crippen LogP) is 2.84. The minimum absolute atomic E-state index is 0.0637. The molecule has 0 bridgehead atoms. The highest BCUT2D eigenvalue weighted by Gasteiger charge is 2.12. The first-order chi connectivity index (χ1) is 11.5. The number of nitrogens with zero attached hydrogens (tertiary/aromatic N) is 1. The second-order valence-corrected chi connectivity index (χ2v) is 6.50. The monoisotopic (exact) mass is 347 g/mol. The molecule has 1 unspecified atom stereocenters. The topological polar surface area (TPSA) is 84.2 Å². The van der Waals surface area contributed by atoms with E-state index in [4.69, 9.17) is 4.52 Å². The highest BCUT2D eigenvalue weighted by atomic mass is 32.2. The fraction of sp³-hybridized carbons (Fsp3) is 0.353. The van der Waals surface area contributed by atoms with Gasteiger partial charge in [-0.25, -0.2) is 0 Å². The van der Waals surface area contributed by atoms with E-state index in [1.807, 2.05) is 38.1 Å². The zero-order valence-corrected chi connectivity index (χ0v) is 14.8. The Morgan fingerprint density at radius 3 is 2.58 bits per heavy atom. The van der Waals surface area contributed by atoms with Gasteiger partial charge >= 0.3 is 0 Å². The van der Waals surface area contributed by atoms with Crippen LogP contribution in [0.3, 0.4) is 0 Å². The maximum Gasteiger partial charge on any atom is 0.235 e. The van der Waals surface area contributed by atoms with Gasteiger partial charge in [-0.1, -0.05) is 29.4 Å². The van der Waals surface area contributed by atoms with Crippen LogP contribution >= 0.6 is 11.8 Å². The largest absolute Gasteiger partial charge is 0.360 e. The van der Waals surface area contributed by atoms with Crippen molar-refractivity contribution >= 4 is 29.4 Å². The summed E-state index contributed by atoms with van der Waals surface area (Å²) in [6, 6.07) is 9.52. The third-order valence-electron chi connectivity index (χ3n) is 3.39. The number of aryl methyl sites for hydroxylation is 2. The molecule has 0 aliphatic rings. The van der Waals surface area contributed by atoms with Crippen molar-refractivity contribution in [2.24, 2.45) is 0 Å². The Hall–Kier alpha value is -2.28. The molecule has 2 aromatic rings. The molecule has 2 rings (SSSR count). The minimum atomic E-state index is -0.215. The van der Waals surface area contributed by atoms with Gasteiger partial charge in [0.1, 0.15) is 5.76 Å². The average Bonchev–Trinajstić information content (AvgIpc) is 2.92. The molecule has 0 fully saturated rings. The van der Waals surface area contributed by atoms with Crippen LogP contribution in [-0.2, 0) is 9.59 Å². The van der Waals surface area contributed by atoms with E-state index < -0.39 is 0 Å². The lowest BCUT2D eigenvalue weighted by Gasteiger charge is -2.16. The maximum atomic E-state index is 12.0. The lowest BCUT2D eigenvalue weighted by Crippen LogP contribution is -2.29. The van der Waals surface area contributed by atoms with Crippen LogP contribution in [0.2, 0.25) is 0 Å². The Morgan fingerprint density at radius 2 is 1.92 bits per heavy atom. The van der Waals surface area contributed by atoms with Crippen LogP contribution in [0.25, 0.3) is 0 Å². The third kappa shape index (κ3) is 5.42. The van der Waals surface area contributed by atoms with Gasteiger partial charge in [0.05, 0.1) is 17.5 Å². The summed E-state index contributed by atoms with van der Waals surface area (Å²) in [5, 5.41) is 9.24. The molecule has 0 radical (unpaired) electrons. The van der Waals surface area contributed by atoms with E-state index in [-0.39, 0.29) is 29.4 Å². The fourth-order valence-corrected chi connectivity index (χ4v) is 2.90. The molecule has 2 amide bonds. The van der Waals surface area contributed by atoms with Crippen molar-refractivity contribution in [1.82, 2.24) is 10.5 Å². The standard InChI is InChI=1S/C17H21N3O3S/c1-11-6-4-5-7-14(11)13(3)18-16(21)9-24-10-17(22)19-15-8-12(2)23-20-15/h4-8,13H,9-10H2,1-3H3,(H,18,21)(H,19,20,22). The molecule has 1 heterocycles. The summed E-state index contributed by atoms with van der Waals surface area (Å²) in [5.41, 5.74) is 2.23. The van der Waals surface area contributed by atoms with E-state index >= 15 is 0 Å². The predicted molar refractivity (Wildman–Crippen MR) is 94.9 cm³/mol. The van der Waals surface area contributed by atoms with Crippen molar-refractivity contribution in [3.63, 3.8) is 0 Å². The number of benzene rings is 1. The van der Waals surface area contributed by atoms with E-state index in [2.05, 4.69) is 15.8 Å². The van der Waals surface area contributed by atoms with Gasteiger partial charge in [-0.2, -0.15) is 0 Å². The molecule has 1 atom stereocenters. The number of carbonyl (C=O) groups is 2. The van der Waals surface area contributed by atoms with Gasteiger partial charge in [-0.3, -0.25) is 9.59 Å². The number of hydrogen-bond acceptors (Lipinski definition) is 5. The molecular formula is C17H21N3O3S. The van der Waals surface area contributed by atoms with Gasteiger partial charge in [0, 0.05) is 6.07 Å². The van der Waals surface area contributed by atoms with Crippen molar-refractivity contribution < 1.29 is 14.1 Å². The molecule has 24 heavy (non-hydrogen) atoms. The smallest absolute Gasteiger partial charge is 0.235 e. The molecule has 0 saturated carbocycles. The van der Waals surface area contributed by atoms with Gasteiger partial charge in [0.15, 0.2) is 5.82 Å². The number of anilines is 1. The summed E-state index contributed by atoms with van der Waals surface area (Å²) in [7, 11) is 0. The van der Waals surface area contributed by atoms with Gasteiger partial charge in [0.2, 0.25) is 11.8 Å². The van der Waals surface area contributed by atoms with E-state index in [9.17, 15) is 9.59 Å². The lowest BCUT2D eigenvalue weighted by molar-refractivity contribution is -0.119. The van der Waals surface area contributed by atoms with Crippen molar-refractivity contribution in [3.8, 4) is 0 Å². The van der Waals surface area contributed by atoms with Gasteiger partial charge in [-0.05, 0) is 31.9 Å². The van der Waals surface area contributed by atoms with Crippen LogP contribution in [0.15, 0.2) is 34.9 Å². The summed E-state index contributed by atoms with van der Waals surface area (Å²) in [5.74, 6) is 1.10. The number of thioether (sulfide) groups is 1. The second kappa shape index (κ2) is 8.54. The highest BCUT2D eigenvalue weighted by molar-refractivity contribution is 8.00. The number of amides is 2. The van der Waals surface area contributed by atoms with Crippen molar-refractivity contribution in [2.45, 2.75) is 26.8 Å². The van der Waals surface area contributed by atoms with Crippen LogP contribution in [0.1, 0.15) is 29.9 Å². The van der Waals surface area contributed by atoms with E-state index in [1.54, 1.807) is 13.0 Å². The number of hydrogen-bond donors (Lipinski definition) is 2. The van der Waals surface area contributed by atoms with Crippen LogP contribution in [0.5, 0.6) is 0 Å². The van der Waals surface area contributed by atoms with Crippen LogP contribution in [0.4, 0.5) is 5.82 Å². The first-order valence-electron chi connectivity index (χ1n) is 7.61. The first-order valence-corrected chi connectivity index (χ1v) is 8.77. The fourth-order valence-electron chi connectivity index (χ4n) is 2.27. The maximum absolute atomic E-state index is 12.0. The molecule has 0 aliphatic heterocycles. The van der Waals surface area contributed by atoms with Crippen molar-refractivity contribution in [2.75, 3.05) is 16.8 Å². The number of rotatable bonds is 7. The summed E-state index contributed by atoms with van der Waals surface area (Å²) in [6.07, 6.45) is 0. The third-order valence-corrected chi connectivity index (χ3v) is 4.33. The Kier molecular flexibility index (Phi) is 6.43. The number of carbonyl (C=O) groups excluding carboxylic acids is 2. The summed E-state index contributed by atoms with van der Waals surface area (Å²) >= 11 is 1.25. The van der Waals surface area contributed by atoms with Crippen LogP contribution in [0, 0.1) is 13.8 Å². The van der Waals surface area contributed by atoms with Crippen LogP contribution in [-0.4, -0.2) is 28.5 Å². The normalized spacial score (nSPS) is 11.8. The molecule has 2 N–H and O–H groups in total. The lowest BCUT2D eigenvalue weighted by atomic mass is 10.0. The molecule has 6 nitrogen and oxygen atoms in total. The van der Waals surface area contributed by atoms with E-state index in [0.29, 0.717) is 11.6 Å². The first kappa shape index (κ1) is 18.1. The molecule has 128 valence electrons. The van der Waals surface area contributed by atoms with Crippen molar-refractivity contribution in [1.29, 1.82) is 0 Å². The van der Waals surface area contributed by atoms with Crippen LogP contribution < -0.4 is 10.6 Å². The average molecular weight is 347 g/mol. The summed E-state index contributed by atoms with van der Waals surface area (Å²) in [6.45, 7) is 5.71. The van der Waals surface area contributed by atoms with Crippen molar-refractivity contribution in [3.05, 3.63) is 47.2 Å². The number of nitrogens with one attached hydrogen (secondary N) is 2. The SMILES string of the molecule is Cc1cc(NC(=O)CSCC(=O)NC(C)c2ccccc2C)no1. The zero-order valence-electron chi connectivity index (χ0n) is 14.0. The van der Waals surface area contributed by atoms with E-state index in [0.717, 1.165) is 11.1 Å². The summed E-state index contributed by atoms with van der Waals surface area (Å²) < 4.78 is 4.87. The Morgan fingerprint density at radius 1 is 1.21 bits per heavy atom. The molecular weight excluding hydrogens is 326 g/mol. The highest BCUT2D eigenvalue weighted by Crippen LogP contribution is 2.16. The van der Waals surface area contributed by atoms with E-state index in [1.165, 1.54) is 11.8 Å². The van der Waals surface area contributed by atoms with Gasteiger partial charge in [-0.15, -0.1) is 11.8 Å². The minimum Gasteiger partial charge on any atom is -0.360 e.